The summed E-state index contributed by atoms with van der Waals surface area (Å²) in [5.74, 6) is 0.485. The number of pyridine rings is 1. The molecule has 0 saturated heterocycles. The van der Waals surface area contributed by atoms with E-state index >= 15 is 0 Å². The molecule has 0 aromatic carbocycles. The lowest BCUT2D eigenvalue weighted by molar-refractivity contribution is 0.616. The van der Waals surface area contributed by atoms with Gasteiger partial charge < -0.3 is 9.55 Å². The highest BCUT2D eigenvalue weighted by Crippen LogP contribution is 2.30. The van der Waals surface area contributed by atoms with Gasteiger partial charge in [-0.15, -0.1) is 0 Å². The topological polar surface area (TPSA) is 37.8 Å². The van der Waals surface area contributed by atoms with Gasteiger partial charge in [0.1, 0.15) is 0 Å². The molecule has 0 bridgehead atoms. The van der Waals surface area contributed by atoms with E-state index in [1.54, 1.807) is 6.07 Å². The van der Waals surface area contributed by atoms with Crippen LogP contribution in [0.2, 0.25) is 0 Å². The van der Waals surface area contributed by atoms with E-state index in [1.807, 2.05) is 6.20 Å². The maximum atomic E-state index is 11.5. The first-order valence-electron chi connectivity index (χ1n) is 6.27. The lowest BCUT2D eigenvalue weighted by Crippen LogP contribution is -2.04. The Morgan fingerprint density at radius 1 is 1.35 bits per heavy atom. The zero-order chi connectivity index (χ0) is 12.6. The second kappa shape index (κ2) is 4.40. The van der Waals surface area contributed by atoms with E-state index < -0.39 is 0 Å². The number of fused-ring (bicyclic) bond motifs is 1. The third-order valence-corrected chi connectivity index (χ3v) is 3.47. The molecule has 3 nitrogen and oxygen atoms in total. The molecule has 0 aliphatic carbocycles. The van der Waals surface area contributed by atoms with Crippen LogP contribution in [0.25, 0.3) is 10.9 Å². The zero-order valence-corrected chi connectivity index (χ0v) is 10.9. The van der Waals surface area contributed by atoms with Crippen LogP contribution in [0.5, 0.6) is 0 Å². The number of aromatic nitrogens is 2. The summed E-state index contributed by atoms with van der Waals surface area (Å²) in [5.41, 5.74) is 2.38. The molecule has 1 unspecified atom stereocenters. The molecule has 3 heteroatoms. The van der Waals surface area contributed by atoms with Gasteiger partial charge in [-0.05, 0) is 31.7 Å². The Morgan fingerprint density at radius 3 is 2.65 bits per heavy atom. The van der Waals surface area contributed by atoms with Crippen molar-refractivity contribution in [2.75, 3.05) is 0 Å². The predicted molar refractivity (Wildman–Crippen MR) is 71.6 cm³/mol. The van der Waals surface area contributed by atoms with Crippen LogP contribution in [-0.2, 0) is 0 Å². The van der Waals surface area contributed by atoms with E-state index in [4.69, 9.17) is 0 Å². The Balaban J connectivity index is 2.75. The maximum absolute atomic E-state index is 11.5. The summed E-state index contributed by atoms with van der Waals surface area (Å²) in [7, 11) is 0. The smallest absolute Gasteiger partial charge is 0.248 e. The molecule has 0 spiro atoms. The summed E-state index contributed by atoms with van der Waals surface area (Å²) in [4.78, 5) is 14.2. The van der Waals surface area contributed by atoms with Crippen LogP contribution in [-0.4, -0.2) is 9.55 Å². The van der Waals surface area contributed by atoms with Gasteiger partial charge in [0.05, 0.1) is 5.52 Å². The average Bonchev–Trinajstić information content (AvgIpc) is 2.66. The Bertz CT molecular complexity index is 577. The number of H-pyrrole nitrogens is 1. The van der Waals surface area contributed by atoms with Crippen LogP contribution in [0.1, 0.15) is 51.6 Å². The van der Waals surface area contributed by atoms with Crippen molar-refractivity contribution in [2.24, 2.45) is 0 Å². The highest BCUT2D eigenvalue weighted by atomic mass is 16.1. The fraction of sp³-hybridized carbons (Fsp3) is 0.500. The van der Waals surface area contributed by atoms with E-state index in [1.165, 1.54) is 5.56 Å². The molecule has 2 rings (SSSR count). The second-order valence-corrected chi connectivity index (χ2v) is 4.99. The van der Waals surface area contributed by atoms with Crippen molar-refractivity contribution in [1.29, 1.82) is 0 Å². The molecule has 2 heterocycles. The van der Waals surface area contributed by atoms with Crippen molar-refractivity contribution in [2.45, 2.75) is 46.1 Å². The molecule has 0 amide bonds. The quantitative estimate of drug-likeness (QED) is 0.865. The van der Waals surface area contributed by atoms with Crippen molar-refractivity contribution >= 4 is 10.9 Å². The second-order valence-electron chi connectivity index (χ2n) is 4.99. The first-order valence-corrected chi connectivity index (χ1v) is 6.27. The summed E-state index contributed by atoms with van der Waals surface area (Å²) in [5, 5.41) is 1.09. The number of nitrogens with zero attached hydrogens (tertiary/aromatic N) is 1. The van der Waals surface area contributed by atoms with Gasteiger partial charge in [0.25, 0.3) is 0 Å². The van der Waals surface area contributed by atoms with Gasteiger partial charge in [-0.3, -0.25) is 4.79 Å². The summed E-state index contributed by atoms with van der Waals surface area (Å²) in [6.07, 6.45) is 5.10. The van der Waals surface area contributed by atoms with Crippen LogP contribution >= 0.6 is 0 Å². The van der Waals surface area contributed by atoms with Gasteiger partial charge in [-0.2, -0.15) is 0 Å². The molecule has 0 saturated carbocycles. The van der Waals surface area contributed by atoms with Crippen LogP contribution in [0.4, 0.5) is 0 Å². The maximum Gasteiger partial charge on any atom is 0.248 e. The molecule has 17 heavy (non-hydrogen) atoms. The number of rotatable bonds is 3. The highest BCUT2D eigenvalue weighted by Gasteiger charge is 2.14. The van der Waals surface area contributed by atoms with Gasteiger partial charge in [-0.1, -0.05) is 13.8 Å². The number of hydrogen-bond acceptors (Lipinski definition) is 1. The fourth-order valence-corrected chi connectivity index (χ4v) is 2.24. The molecular weight excluding hydrogens is 212 g/mol. The standard InChI is InChI=1S/C14H20N2O/c1-5-10(4)12-8-16(9(2)3)13-7-15-14(17)6-11(12)13/h6-10H,5H2,1-4H3,(H,15,17). The molecule has 1 N–H and O–H groups in total. The normalized spacial score (nSPS) is 13.5. The monoisotopic (exact) mass is 232 g/mol. The SMILES string of the molecule is CCC(C)c1cn(C(C)C)c2c[nH]c(=O)cc12. The van der Waals surface area contributed by atoms with E-state index in [0.29, 0.717) is 12.0 Å². The van der Waals surface area contributed by atoms with Crippen LogP contribution in [0.15, 0.2) is 23.3 Å². The molecule has 92 valence electrons. The van der Waals surface area contributed by atoms with Crippen molar-refractivity contribution in [3.63, 3.8) is 0 Å². The van der Waals surface area contributed by atoms with Gasteiger partial charge in [0.2, 0.25) is 5.56 Å². The van der Waals surface area contributed by atoms with E-state index in [2.05, 4.69) is 43.4 Å². The van der Waals surface area contributed by atoms with Crippen molar-refractivity contribution in [3.05, 3.63) is 34.4 Å². The summed E-state index contributed by atoms with van der Waals surface area (Å²) < 4.78 is 2.23. The third-order valence-electron chi connectivity index (χ3n) is 3.47. The lowest BCUT2D eigenvalue weighted by Gasteiger charge is -2.08. The van der Waals surface area contributed by atoms with Gasteiger partial charge in [-0.25, -0.2) is 0 Å². The van der Waals surface area contributed by atoms with Gasteiger partial charge in [0.15, 0.2) is 0 Å². The van der Waals surface area contributed by atoms with Gasteiger partial charge >= 0.3 is 0 Å². The van der Waals surface area contributed by atoms with E-state index in [9.17, 15) is 4.79 Å². The summed E-state index contributed by atoms with van der Waals surface area (Å²) in [6.45, 7) is 8.70. The average molecular weight is 232 g/mol. The van der Waals surface area contributed by atoms with Crippen molar-refractivity contribution in [3.8, 4) is 0 Å². The van der Waals surface area contributed by atoms with Crippen LogP contribution in [0, 0.1) is 0 Å². The molecule has 2 aromatic heterocycles. The summed E-state index contributed by atoms with van der Waals surface area (Å²) in [6, 6.07) is 2.12. The molecule has 0 aliphatic rings. The minimum Gasteiger partial charge on any atom is -0.343 e. The Morgan fingerprint density at radius 2 is 2.06 bits per heavy atom. The van der Waals surface area contributed by atoms with Crippen LogP contribution < -0.4 is 5.56 Å². The van der Waals surface area contributed by atoms with Crippen molar-refractivity contribution in [1.82, 2.24) is 9.55 Å². The highest BCUT2D eigenvalue weighted by molar-refractivity contribution is 5.83. The number of nitrogens with one attached hydrogen (secondary N) is 1. The Hall–Kier alpha value is -1.51. The predicted octanol–water partition coefficient (Wildman–Crippen LogP) is 3.42. The lowest BCUT2D eigenvalue weighted by atomic mass is 9.99. The first-order chi connectivity index (χ1) is 8.04. The Kier molecular flexibility index (Phi) is 3.09. The first kappa shape index (κ1) is 12.0. The minimum absolute atomic E-state index is 0.0245. The number of hydrogen-bond donors (Lipinski definition) is 1. The zero-order valence-electron chi connectivity index (χ0n) is 10.9. The molecule has 2 aromatic rings. The minimum atomic E-state index is -0.0245. The fourth-order valence-electron chi connectivity index (χ4n) is 2.24. The summed E-state index contributed by atoms with van der Waals surface area (Å²) >= 11 is 0. The van der Waals surface area contributed by atoms with E-state index in [-0.39, 0.29) is 5.56 Å². The van der Waals surface area contributed by atoms with E-state index in [0.717, 1.165) is 17.3 Å². The molecule has 0 aliphatic heterocycles. The number of aromatic amines is 1. The van der Waals surface area contributed by atoms with Crippen molar-refractivity contribution < 1.29 is 0 Å². The van der Waals surface area contributed by atoms with Crippen LogP contribution in [0.3, 0.4) is 0 Å². The molecule has 0 radical (unpaired) electrons. The molecule has 0 fully saturated rings. The molecular formula is C14H20N2O. The largest absolute Gasteiger partial charge is 0.343 e. The third kappa shape index (κ3) is 2.02. The Labute approximate surface area is 101 Å². The molecule has 1 atom stereocenters. The van der Waals surface area contributed by atoms with Gasteiger partial charge in [0, 0.05) is 29.9 Å².